The first-order chi connectivity index (χ1) is 22.3. The summed E-state index contributed by atoms with van der Waals surface area (Å²) in [5.74, 6) is -1.02. The fraction of sp³-hybridized carbons (Fsp3) is 0.333. The maximum Gasteiger partial charge on any atom is 0.323 e. The zero-order chi connectivity index (χ0) is 32.5. The van der Waals surface area contributed by atoms with Gasteiger partial charge in [-0.3, -0.25) is 24.1 Å². The van der Waals surface area contributed by atoms with Gasteiger partial charge in [-0.25, -0.2) is 0 Å². The molecule has 3 aromatic rings. The summed E-state index contributed by atoms with van der Waals surface area (Å²) in [5, 5.41) is 8.45. The molecule has 0 aromatic heterocycles. The van der Waals surface area contributed by atoms with E-state index in [0.29, 0.717) is 58.9 Å². The molecule has 2 fully saturated rings. The van der Waals surface area contributed by atoms with Crippen molar-refractivity contribution in [3.63, 3.8) is 0 Å². The minimum atomic E-state index is -1.27. The molecule has 240 valence electrons. The number of hydrogen-bond acceptors (Lipinski definition) is 7. The zero-order valence-corrected chi connectivity index (χ0v) is 26.7. The van der Waals surface area contributed by atoms with Crippen molar-refractivity contribution >= 4 is 40.9 Å². The molecule has 3 amide bonds. The number of nitrogens with zero attached hydrogens (tertiary/aromatic N) is 2. The number of hydrogen-bond donors (Lipinski definition) is 1. The second-order valence-electron chi connectivity index (χ2n) is 11.3. The van der Waals surface area contributed by atoms with Crippen LogP contribution in [0.5, 0.6) is 11.5 Å². The molecule has 10 heteroatoms. The van der Waals surface area contributed by atoms with Crippen molar-refractivity contribution in [3.05, 3.63) is 100.0 Å². The number of carboxylic acid groups (broad SMARTS) is 1. The molecule has 1 saturated heterocycles. The molecule has 1 aliphatic heterocycles. The highest BCUT2D eigenvalue weighted by molar-refractivity contribution is 8.18. The molecule has 1 heterocycles. The summed E-state index contributed by atoms with van der Waals surface area (Å²) in [7, 11) is 0. The predicted molar refractivity (Wildman–Crippen MR) is 177 cm³/mol. The van der Waals surface area contributed by atoms with Crippen LogP contribution in [-0.4, -0.2) is 63.7 Å². The van der Waals surface area contributed by atoms with Gasteiger partial charge in [-0.05, 0) is 66.9 Å². The number of imide groups is 1. The number of carboxylic acids is 1. The van der Waals surface area contributed by atoms with E-state index < -0.39 is 23.7 Å². The number of benzene rings is 3. The van der Waals surface area contributed by atoms with E-state index in [1.807, 2.05) is 66.4 Å². The van der Waals surface area contributed by atoms with Gasteiger partial charge in [0.1, 0.15) is 13.2 Å². The third kappa shape index (κ3) is 8.17. The van der Waals surface area contributed by atoms with E-state index in [0.717, 1.165) is 36.8 Å². The van der Waals surface area contributed by atoms with Crippen molar-refractivity contribution in [1.82, 2.24) is 9.80 Å². The highest BCUT2D eigenvalue weighted by atomic mass is 32.2. The van der Waals surface area contributed by atoms with Crippen LogP contribution in [0, 0.1) is 0 Å². The number of carbonyl (C=O) groups excluding carboxylic acids is 3. The Morgan fingerprint density at radius 2 is 1.70 bits per heavy atom. The number of rotatable bonds is 13. The first-order valence-electron chi connectivity index (χ1n) is 15.6. The van der Waals surface area contributed by atoms with Gasteiger partial charge in [-0.15, -0.1) is 0 Å². The molecular formula is C36H38N2O7S. The summed E-state index contributed by atoms with van der Waals surface area (Å²) >= 11 is 0.693. The first kappa shape index (κ1) is 32.8. The molecule has 1 saturated carbocycles. The third-order valence-corrected chi connectivity index (χ3v) is 9.08. The van der Waals surface area contributed by atoms with Crippen LogP contribution in [0.1, 0.15) is 66.1 Å². The van der Waals surface area contributed by atoms with E-state index >= 15 is 0 Å². The molecule has 46 heavy (non-hydrogen) atoms. The number of thioether (sulfide) groups is 1. The number of aliphatic carboxylic acids is 1. The van der Waals surface area contributed by atoms with Gasteiger partial charge in [0.25, 0.3) is 17.1 Å². The minimum Gasteiger partial charge on any atom is -0.489 e. The fourth-order valence-electron chi connectivity index (χ4n) is 5.82. The molecule has 0 radical (unpaired) electrons. The second-order valence-corrected chi connectivity index (χ2v) is 12.3. The molecule has 0 unspecified atom stereocenters. The van der Waals surface area contributed by atoms with Gasteiger partial charge in [0.15, 0.2) is 11.5 Å². The van der Waals surface area contributed by atoms with Crippen molar-refractivity contribution in [2.75, 3.05) is 19.7 Å². The van der Waals surface area contributed by atoms with Crippen LogP contribution in [0.15, 0.2) is 77.7 Å². The lowest BCUT2D eigenvalue weighted by atomic mass is 9.93. The molecule has 2 aliphatic rings. The standard InChI is InChI=1S/C36H38N2O7S/c1-2-37(28-14-7-4-8-15-28)34(41)29-16-10-9-13-27(29)24-45-31-21-26(22-32-35(42)38(23-33(39)40)36(43)46-32)17-18-30(31)44-20-19-25-11-5-3-6-12-25/h3,5-6,9-13,16-18,21-22,28H,2,4,7-8,14-15,19-20,23-24H2,1H3,(H,39,40). The summed E-state index contributed by atoms with van der Waals surface area (Å²) in [6.45, 7) is 2.47. The van der Waals surface area contributed by atoms with Crippen LogP contribution in [0.25, 0.3) is 6.08 Å². The van der Waals surface area contributed by atoms with Crippen LogP contribution in [0.4, 0.5) is 4.79 Å². The lowest BCUT2D eigenvalue weighted by Crippen LogP contribution is -2.41. The Bertz CT molecular complexity index is 1600. The largest absolute Gasteiger partial charge is 0.489 e. The summed E-state index contributed by atoms with van der Waals surface area (Å²) < 4.78 is 12.5. The first-order valence-corrected chi connectivity index (χ1v) is 16.4. The highest BCUT2D eigenvalue weighted by Crippen LogP contribution is 2.35. The summed E-state index contributed by atoms with van der Waals surface area (Å²) in [5.41, 5.74) is 3.05. The maximum absolute atomic E-state index is 13.8. The SMILES string of the molecule is CCN(C(=O)c1ccccc1COc1cc(C=C2SC(=O)N(CC(=O)O)C2=O)ccc1OCCc1ccccc1)C1CCCCC1. The zero-order valence-electron chi connectivity index (χ0n) is 25.9. The summed E-state index contributed by atoms with van der Waals surface area (Å²) in [6.07, 6.45) is 7.73. The monoisotopic (exact) mass is 642 g/mol. The van der Waals surface area contributed by atoms with E-state index in [2.05, 4.69) is 0 Å². The summed E-state index contributed by atoms with van der Waals surface area (Å²) in [4.78, 5) is 52.8. The average Bonchev–Trinajstić information content (AvgIpc) is 3.32. The molecule has 5 rings (SSSR count). The molecule has 1 aliphatic carbocycles. The van der Waals surface area contributed by atoms with Crippen molar-refractivity contribution in [3.8, 4) is 11.5 Å². The van der Waals surface area contributed by atoms with Crippen molar-refractivity contribution < 1.29 is 33.8 Å². The van der Waals surface area contributed by atoms with Gasteiger partial charge >= 0.3 is 5.97 Å². The quantitative estimate of drug-likeness (QED) is 0.203. The average molecular weight is 643 g/mol. The second kappa shape index (κ2) is 15.6. The number of carbonyl (C=O) groups is 4. The lowest BCUT2D eigenvalue weighted by molar-refractivity contribution is -0.140. The Morgan fingerprint density at radius 1 is 0.957 bits per heavy atom. The third-order valence-electron chi connectivity index (χ3n) is 8.17. The van der Waals surface area contributed by atoms with Gasteiger partial charge < -0.3 is 19.5 Å². The molecule has 1 N–H and O–H groups in total. The summed E-state index contributed by atoms with van der Waals surface area (Å²) in [6, 6.07) is 22.9. The van der Waals surface area contributed by atoms with E-state index in [-0.39, 0.29) is 23.5 Å². The molecule has 3 aromatic carbocycles. The van der Waals surface area contributed by atoms with Gasteiger partial charge in [0.2, 0.25) is 0 Å². The van der Waals surface area contributed by atoms with E-state index in [1.54, 1.807) is 18.2 Å². The topological polar surface area (TPSA) is 113 Å². The van der Waals surface area contributed by atoms with Gasteiger partial charge in [-0.1, -0.05) is 73.9 Å². The highest BCUT2D eigenvalue weighted by Gasteiger charge is 2.36. The maximum atomic E-state index is 13.8. The Labute approximate surface area is 273 Å². The van der Waals surface area contributed by atoms with Crippen LogP contribution < -0.4 is 9.47 Å². The Morgan fingerprint density at radius 3 is 2.43 bits per heavy atom. The van der Waals surface area contributed by atoms with Crippen molar-refractivity contribution in [2.24, 2.45) is 0 Å². The molecule has 0 spiro atoms. The smallest absolute Gasteiger partial charge is 0.323 e. The molecular weight excluding hydrogens is 604 g/mol. The minimum absolute atomic E-state index is 0.00114. The predicted octanol–water partition coefficient (Wildman–Crippen LogP) is 6.80. The van der Waals surface area contributed by atoms with E-state index in [4.69, 9.17) is 14.6 Å². The molecule has 9 nitrogen and oxygen atoms in total. The van der Waals surface area contributed by atoms with E-state index in [1.165, 1.54) is 12.5 Å². The van der Waals surface area contributed by atoms with Crippen LogP contribution in [0.2, 0.25) is 0 Å². The lowest BCUT2D eigenvalue weighted by Gasteiger charge is -2.34. The van der Waals surface area contributed by atoms with Gasteiger partial charge in [0, 0.05) is 30.1 Å². The van der Waals surface area contributed by atoms with Crippen LogP contribution in [-0.2, 0) is 22.6 Å². The van der Waals surface area contributed by atoms with E-state index in [9.17, 15) is 19.2 Å². The Hall–Kier alpha value is -4.57. The van der Waals surface area contributed by atoms with Gasteiger partial charge in [0.05, 0.1) is 11.5 Å². The van der Waals surface area contributed by atoms with Gasteiger partial charge in [-0.2, -0.15) is 0 Å². The number of ether oxygens (including phenoxy) is 2. The Balaban J connectivity index is 1.38. The van der Waals surface area contributed by atoms with Crippen LogP contribution >= 0.6 is 11.8 Å². The fourth-order valence-corrected chi connectivity index (χ4v) is 6.66. The normalized spacial score (nSPS) is 16.1. The molecule has 0 atom stereocenters. The molecule has 0 bridgehead atoms. The Kier molecular flexibility index (Phi) is 11.1. The van der Waals surface area contributed by atoms with Crippen molar-refractivity contribution in [1.29, 1.82) is 0 Å². The van der Waals surface area contributed by atoms with Crippen LogP contribution in [0.3, 0.4) is 0 Å². The van der Waals surface area contributed by atoms with Crippen molar-refractivity contribution in [2.45, 2.75) is 58.1 Å². The number of amides is 3.